The third-order valence-corrected chi connectivity index (χ3v) is 4.37. The molecule has 0 saturated carbocycles. The summed E-state index contributed by atoms with van der Waals surface area (Å²) in [5.74, 6) is -0.460. The van der Waals surface area contributed by atoms with Crippen LogP contribution in [0.2, 0.25) is 0 Å². The van der Waals surface area contributed by atoms with Crippen LogP contribution < -0.4 is 5.73 Å². The maximum absolute atomic E-state index is 11.8. The van der Waals surface area contributed by atoms with Crippen LogP contribution in [0.5, 0.6) is 0 Å². The molecule has 0 aliphatic carbocycles. The van der Waals surface area contributed by atoms with Crippen LogP contribution in [0.4, 0.5) is 0 Å². The summed E-state index contributed by atoms with van der Waals surface area (Å²) in [7, 11) is 0. The molecule has 3 rings (SSSR count). The number of aryl methyl sites for hydroxylation is 1. The Bertz CT molecular complexity index is 843. The van der Waals surface area contributed by atoms with Crippen molar-refractivity contribution in [3.63, 3.8) is 0 Å². The van der Waals surface area contributed by atoms with E-state index in [1.54, 1.807) is 36.0 Å². The predicted molar refractivity (Wildman–Crippen MR) is 86.6 cm³/mol. The zero-order chi connectivity index (χ0) is 15.7. The van der Waals surface area contributed by atoms with Crippen molar-refractivity contribution in [1.29, 1.82) is 0 Å². The molecule has 0 atom stereocenters. The summed E-state index contributed by atoms with van der Waals surface area (Å²) in [5, 5.41) is 2.84. The average molecular weight is 310 g/mol. The number of benzene rings is 1. The molecule has 0 spiro atoms. The molecule has 0 aliphatic rings. The first-order valence-electron chi connectivity index (χ1n) is 6.69. The molecule has 2 heterocycles. The van der Waals surface area contributed by atoms with Gasteiger partial charge in [0, 0.05) is 40.2 Å². The molecule has 0 unspecified atom stereocenters. The number of nitrogens with two attached hydrogens (primary N) is 1. The molecule has 5 nitrogen and oxygen atoms in total. The minimum Gasteiger partial charge on any atom is -0.366 e. The summed E-state index contributed by atoms with van der Waals surface area (Å²) in [4.78, 5) is 24.6. The van der Waals surface area contributed by atoms with Gasteiger partial charge in [-0.3, -0.25) is 14.8 Å². The highest BCUT2D eigenvalue weighted by atomic mass is 32.1. The summed E-state index contributed by atoms with van der Waals surface area (Å²) in [6.07, 6.45) is 4.89. The first kappa shape index (κ1) is 14.3. The number of carbonyl (C=O) groups excluding carboxylic acids is 1. The minimum atomic E-state index is -0.460. The van der Waals surface area contributed by atoms with Gasteiger partial charge in [-0.25, -0.2) is 4.98 Å². The van der Waals surface area contributed by atoms with Crippen LogP contribution in [-0.4, -0.2) is 20.9 Å². The van der Waals surface area contributed by atoms with Gasteiger partial charge >= 0.3 is 0 Å². The van der Waals surface area contributed by atoms with Crippen LogP contribution in [0.25, 0.3) is 21.8 Å². The van der Waals surface area contributed by atoms with Gasteiger partial charge in [0.25, 0.3) is 0 Å². The van der Waals surface area contributed by atoms with Crippen molar-refractivity contribution >= 4 is 17.2 Å². The maximum atomic E-state index is 11.8. The number of primary amides is 1. The van der Waals surface area contributed by atoms with E-state index in [1.165, 1.54) is 0 Å². The Morgan fingerprint density at radius 3 is 2.64 bits per heavy atom. The lowest BCUT2D eigenvalue weighted by Crippen LogP contribution is -2.13. The summed E-state index contributed by atoms with van der Waals surface area (Å²) in [6.45, 7) is 3.82. The Labute approximate surface area is 131 Å². The molecule has 2 aromatic heterocycles. The van der Waals surface area contributed by atoms with E-state index in [0.717, 1.165) is 27.4 Å². The number of hydrogen-bond acceptors (Lipinski definition) is 5. The van der Waals surface area contributed by atoms with Crippen molar-refractivity contribution in [2.75, 3.05) is 0 Å². The van der Waals surface area contributed by atoms with E-state index < -0.39 is 5.91 Å². The van der Waals surface area contributed by atoms with Gasteiger partial charge in [-0.05, 0) is 31.5 Å². The highest BCUT2D eigenvalue weighted by Crippen LogP contribution is 2.32. The predicted octanol–water partition coefficient (Wildman–Crippen LogP) is 2.98. The third-order valence-electron chi connectivity index (χ3n) is 3.38. The Hall–Kier alpha value is -2.60. The molecule has 2 N–H and O–H groups in total. The Morgan fingerprint density at radius 1 is 1.23 bits per heavy atom. The number of hydrogen-bond donors (Lipinski definition) is 1. The fourth-order valence-electron chi connectivity index (χ4n) is 2.27. The molecular weight excluding hydrogens is 296 g/mol. The van der Waals surface area contributed by atoms with Crippen molar-refractivity contribution in [2.45, 2.75) is 13.8 Å². The average Bonchev–Trinajstić information content (AvgIpc) is 2.94. The van der Waals surface area contributed by atoms with Gasteiger partial charge in [0.1, 0.15) is 5.01 Å². The Kier molecular flexibility index (Phi) is 3.68. The second-order valence-electron chi connectivity index (χ2n) is 4.95. The summed E-state index contributed by atoms with van der Waals surface area (Å²) in [5.41, 5.74) is 10.2. The molecule has 0 saturated heterocycles. The lowest BCUT2D eigenvalue weighted by atomic mass is 9.97. The quantitative estimate of drug-likeness (QED) is 0.806. The van der Waals surface area contributed by atoms with E-state index >= 15 is 0 Å². The normalized spacial score (nSPS) is 10.6. The fraction of sp³-hybridized carbons (Fsp3) is 0.125. The number of aromatic nitrogens is 3. The molecule has 22 heavy (non-hydrogen) atoms. The van der Waals surface area contributed by atoms with E-state index in [4.69, 9.17) is 5.73 Å². The van der Waals surface area contributed by atoms with Crippen LogP contribution >= 0.6 is 11.3 Å². The van der Waals surface area contributed by atoms with Gasteiger partial charge in [0.05, 0.1) is 11.9 Å². The topological polar surface area (TPSA) is 81.8 Å². The molecule has 110 valence electrons. The van der Waals surface area contributed by atoms with Gasteiger partial charge in [-0.15, -0.1) is 11.3 Å². The van der Waals surface area contributed by atoms with Crippen LogP contribution in [0.1, 0.15) is 21.6 Å². The van der Waals surface area contributed by atoms with Crippen molar-refractivity contribution in [3.8, 4) is 21.8 Å². The number of nitrogens with zero attached hydrogens (tertiary/aromatic N) is 3. The zero-order valence-corrected chi connectivity index (χ0v) is 13.0. The second kappa shape index (κ2) is 5.65. The van der Waals surface area contributed by atoms with E-state index in [-0.39, 0.29) is 0 Å². The van der Waals surface area contributed by atoms with Crippen LogP contribution in [0.3, 0.4) is 0 Å². The molecule has 3 aromatic rings. The molecular formula is C16H14N4OS. The monoisotopic (exact) mass is 310 g/mol. The van der Waals surface area contributed by atoms with Crippen LogP contribution in [0.15, 0.2) is 36.1 Å². The second-order valence-corrected chi connectivity index (χ2v) is 5.80. The van der Waals surface area contributed by atoms with E-state index in [0.29, 0.717) is 11.3 Å². The molecule has 0 bridgehead atoms. The lowest BCUT2D eigenvalue weighted by molar-refractivity contribution is 0.1000. The molecule has 1 amide bonds. The molecule has 0 fully saturated rings. The van der Waals surface area contributed by atoms with Crippen LogP contribution in [-0.2, 0) is 0 Å². The zero-order valence-electron chi connectivity index (χ0n) is 12.2. The highest BCUT2D eigenvalue weighted by molar-refractivity contribution is 7.13. The minimum absolute atomic E-state index is 0.460. The SMILES string of the molecule is Cc1csc(-c2cc(-c3cnccn3)cc(C(N)=O)c2C)n1. The Balaban J connectivity index is 2.25. The summed E-state index contributed by atoms with van der Waals surface area (Å²) < 4.78 is 0. The summed E-state index contributed by atoms with van der Waals surface area (Å²) >= 11 is 1.54. The van der Waals surface area contributed by atoms with Crippen molar-refractivity contribution in [3.05, 3.63) is 52.9 Å². The first-order valence-corrected chi connectivity index (χ1v) is 7.57. The largest absolute Gasteiger partial charge is 0.366 e. The molecule has 0 aliphatic heterocycles. The molecule has 6 heteroatoms. The lowest BCUT2D eigenvalue weighted by Gasteiger charge is -2.11. The summed E-state index contributed by atoms with van der Waals surface area (Å²) in [6, 6.07) is 3.73. The van der Waals surface area contributed by atoms with Crippen molar-refractivity contribution in [2.24, 2.45) is 5.73 Å². The van der Waals surface area contributed by atoms with Gasteiger partial charge in [0.2, 0.25) is 5.91 Å². The number of thiazole rings is 1. The van der Waals surface area contributed by atoms with E-state index in [9.17, 15) is 4.79 Å². The number of amides is 1. The van der Waals surface area contributed by atoms with Crippen molar-refractivity contribution in [1.82, 2.24) is 15.0 Å². The molecule has 1 aromatic carbocycles. The third kappa shape index (κ3) is 2.60. The first-order chi connectivity index (χ1) is 10.6. The van der Waals surface area contributed by atoms with Gasteiger partial charge in [-0.1, -0.05) is 0 Å². The smallest absolute Gasteiger partial charge is 0.249 e. The van der Waals surface area contributed by atoms with Gasteiger partial charge in [-0.2, -0.15) is 0 Å². The number of carbonyl (C=O) groups is 1. The number of rotatable bonds is 3. The van der Waals surface area contributed by atoms with E-state index in [2.05, 4.69) is 15.0 Å². The Morgan fingerprint density at radius 2 is 2.05 bits per heavy atom. The fourth-order valence-corrected chi connectivity index (χ4v) is 3.14. The molecule has 0 radical (unpaired) electrons. The standard InChI is InChI=1S/C16H14N4OS/c1-9-8-22-16(20-9)13-6-11(14-7-18-3-4-19-14)5-12(10(13)2)15(17)21/h3-8H,1-2H3,(H2,17,21). The van der Waals surface area contributed by atoms with Gasteiger partial charge < -0.3 is 5.73 Å². The van der Waals surface area contributed by atoms with E-state index in [1.807, 2.05) is 25.3 Å². The highest BCUT2D eigenvalue weighted by Gasteiger charge is 2.16. The van der Waals surface area contributed by atoms with Crippen LogP contribution in [0, 0.1) is 13.8 Å². The van der Waals surface area contributed by atoms with Gasteiger partial charge in [0.15, 0.2) is 0 Å². The maximum Gasteiger partial charge on any atom is 0.249 e. The van der Waals surface area contributed by atoms with Crippen molar-refractivity contribution < 1.29 is 4.79 Å².